The summed E-state index contributed by atoms with van der Waals surface area (Å²) in [6.45, 7) is 6.36. The van der Waals surface area contributed by atoms with Crippen molar-refractivity contribution in [3.63, 3.8) is 0 Å². The number of carbonyl (C=O) groups is 1. The molecule has 0 spiro atoms. The van der Waals surface area contributed by atoms with Crippen LogP contribution in [0.5, 0.6) is 0 Å². The molecule has 0 atom stereocenters. The van der Waals surface area contributed by atoms with Gasteiger partial charge in [0.1, 0.15) is 0 Å². The van der Waals surface area contributed by atoms with E-state index in [4.69, 9.17) is 4.52 Å². The number of amides is 1. The topological polar surface area (TPSA) is 93.8 Å². The fourth-order valence-electron chi connectivity index (χ4n) is 1.59. The Morgan fingerprint density at radius 3 is 2.91 bits per heavy atom. The number of thioether (sulfide) groups is 1. The van der Waals surface area contributed by atoms with Gasteiger partial charge in [-0.2, -0.15) is 4.98 Å². The molecule has 0 aliphatic heterocycles. The van der Waals surface area contributed by atoms with Crippen LogP contribution in [-0.2, 0) is 11.2 Å². The van der Waals surface area contributed by atoms with Gasteiger partial charge in [-0.1, -0.05) is 30.8 Å². The molecule has 2 aromatic heterocycles. The molecule has 7 nitrogen and oxygen atoms in total. The summed E-state index contributed by atoms with van der Waals surface area (Å²) in [5.41, 5.74) is 0.884. The van der Waals surface area contributed by atoms with Crippen LogP contribution in [0, 0.1) is 6.92 Å². The van der Waals surface area contributed by atoms with Crippen molar-refractivity contribution >= 4 is 17.7 Å². The van der Waals surface area contributed by atoms with Gasteiger partial charge in [0.15, 0.2) is 11.0 Å². The van der Waals surface area contributed by atoms with Gasteiger partial charge in [0.05, 0.1) is 5.75 Å². The number of carbonyl (C=O) groups excluding carboxylic acids is 1. The Labute approximate surface area is 133 Å². The van der Waals surface area contributed by atoms with Gasteiger partial charge >= 0.3 is 0 Å². The van der Waals surface area contributed by atoms with E-state index < -0.39 is 0 Å². The summed E-state index contributed by atoms with van der Waals surface area (Å²) in [4.78, 5) is 24.3. The summed E-state index contributed by atoms with van der Waals surface area (Å²) in [6, 6.07) is 1.82. The molecule has 118 valence electrons. The van der Waals surface area contributed by atoms with Crippen molar-refractivity contribution in [2.75, 3.05) is 12.3 Å². The molecule has 2 heterocycles. The van der Waals surface area contributed by atoms with Gasteiger partial charge in [-0.3, -0.25) is 4.79 Å². The fraction of sp³-hybridized carbons (Fsp3) is 0.500. The first-order chi connectivity index (χ1) is 10.5. The normalized spacial score (nSPS) is 10.9. The number of aromatic nitrogens is 4. The van der Waals surface area contributed by atoms with Crippen LogP contribution in [0.2, 0.25) is 0 Å². The fourth-order valence-corrected chi connectivity index (χ4v) is 2.30. The van der Waals surface area contributed by atoms with Crippen molar-refractivity contribution in [2.45, 2.75) is 38.3 Å². The second-order valence-electron chi connectivity index (χ2n) is 5.07. The third kappa shape index (κ3) is 5.10. The van der Waals surface area contributed by atoms with Crippen molar-refractivity contribution in [1.82, 2.24) is 25.4 Å². The zero-order valence-corrected chi connectivity index (χ0v) is 13.7. The minimum atomic E-state index is -0.0706. The summed E-state index contributed by atoms with van der Waals surface area (Å²) in [5, 5.41) is 7.29. The van der Waals surface area contributed by atoms with Crippen molar-refractivity contribution in [3.8, 4) is 0 Å². The average molecular weight is 321 g/mol. The Hall–Kier alpha value is -1.96. The zero-order valence-electron chi connectivity index (χ0n) is 12.9. The maximum absolute atomic E-state index is 11.8. The maximum Gasteiger partial charge on any atom is 0.230 e. The first-order valence-electron chi connectivity index (χ1n) is 7.06. The molecule has 8 heteroatoms. The third-order valence-corrected chi connectivity index (χ3v) is 3.63. The molecular weight excluding hydrogens is 302 g/mol. The van der Waals surface area contributed by atoms with Crippen LogP contribution in [0.1, 0.15) is 37.2 Å². The van der Waals surface area contributed by atoms with E-state index in [1.54, 1.807) is 6.20 Å². The molecule has 0 aromatic carbocycles. The highest BCUT2D eigenvalue weighted by molar-refractivity contribution is 7.99. The summed E-state index contributed by atoms with van der Waals surface area (Å²) < 4.78 is 5.11. The molecule has 1 N–H and O–H groups in total. The molecule has 0 saturated carbocycles. The van der Waals surface area contributed by atoms with Crippen LogP contribution in [0.25, 0.3) is 0 Å². The van der Waals surface area contributed by atoms with E-state index in [0.29, 0.717) is 29.8 Å². The number of nitrogens with one attached hydrogen (secondary N) is 1. The Morgan fingerprint density at radius 1 is 1.41 bits per heavy atom. The van der Waals surface area contributed by atoms with Crippen molar-refractivity contribution in [3.05, 3.63) is 29.7 Å². The van der Waals surface area contributed by atoms with Crippen LogP contribution < -0.4 is 5.32 Å². The first kappa shape index (κ1) is 16.4. The molecule has 0 radical (unpaired) electrons. The minimum Gasteiger partial charge on any atom is -0.355 e. The van der Waals surface area contributed by atoms with E-state index in [2.05, 4.69) is 25.4 Å². The van der Waals surface area contributed by atoms with Crippen LogP contribution in [0.15, 0.2) is 21.9 Å². The number of hydrogen-bond acceptors (Lipinski definition) is 7. The number of hydrogen-bond donors (Lipinski definition) is 1. The smallest absolute Gasteiger partial charge is 0.230 e. The molecule has 0 aliphatic rings. The van der Waals surface area contributed by atoms with Crippen molar-refractivity contribution < 1.29 is 9.32 Å². The summed E-state index contributed by atoms with van der Waals surface area (Å²) in [7, 11) is 0. The molecule has 2 rings (SSSR count). The lowest BCUT2D eigenvalue weighted by Gasteiger charge is -2.03. The lowest BCUT2D eigenvalue weighted by Crippen LogP contribution is -2.27. The quantitative estimate of drug-likeness (QED) is 0.613. The van der Waals surface area contributed by atoms with Crippen LogP contribution >= 0.6 is 11.8 Å². The predicted octanol–water partition coefficient (Wildman–Crippen LogP) is 1.74. The second-order valence-corrected chi connectivity index (χ2v) is 6.01. The standard InChI is InChI=1S/C14H19N5O2S/c1-9(2)13-18-12(21-19-13)5-7-15-11(20)8-22-14-16-6-4-10(3)17-14/h4,6,9H,5,7-8H2,1-3H3,(H,15,20). The van der Waals surface area contributed by atoms with E-state index >= 15 is 0 Å². The molecule has 0 saturated heterocycles. The van der Waals surface area contributed by atoms with Gasteiger partial charge in [0, 0.05) is 30.8 Å². The van der Waals surface area contributed by atoms with Gasteiger partial charge in [0.2, 0.25) is 11.8 Å². The molecule has 0 unspecified atom stereocenters. The van der Waals surface area contributed by atoms with E-state index in [9.17, 15) is 4.79 Å². The average Bonchev–Trinajstić information content (AvgIpc) is 2.94. The lowest BCUT2D eigenvalue weighted by molar-refractivity contribution is -0.118. The second kappa shape index (κ2) is 7.88. The van der Waals surface area contributed by atoms with E-state index in [1.807, 2.05) is 26.8 Å². The third-order valence-electron chi connectivity index (χ3n) is 2.77. The summed E-state index contributed by atoms with van der Waals surface area (Å²) >= 11 is 1.31. The maximum atomic E-state index is 11.8. The van der Waals surface area contributed by atoms with Crippen molar-refractivity contribution in [2.24, 2.45) is 0 Å². The van der Waals surface area contributed by atoms with E-state index in [0.717, 1.165) is 5.69 Å². The summed E-state index contributed by atoms with van der Waals surface area (Å²) in [5.74, 6) is 1.67. The largest absolute Gasteiger partial charge is 0.355 e. The zero-order chi connectivity index (χ0) is 15.9. The molecule has 2 aromatic rings. The molecule has 1 amide bonds. The first-order valence-corrected chi connectivity index (χ1v) is 8.05. The van der Waals surface area contributed by atoms with Gasteiger partial charge in [0.25, 0.3) is 0 Å². The highest BCUT2D eigenvalue weighted by atomic mass is 32.2. The highest BCUT2D eigenvalue weighted by Crippen LogP contribution is 2.12. The molecular formula is C14H19N5O2S. The number of nitrogens with zero attached hydrogens (tertiary/aromatic N) is 4. The Bertz CT molecular complexity index is 629. The van der Waals surface area contributed by atoms with E-state index in [-0.39, 0.29) is 17.6 Å². The van der Waals surface area contributed by atoms with Gasteiger partial charge in [-0.25, -0.2) is 9.97 Å². The molecule has 0 fully saturated rings. The van der Waals surface area contributed by atoms with Crippen LogP contribution in [0.4, 0.5) is 0 Å². The van der Waals surface area contributed by atoms with Crippen molar-refractivity contribution in [1.29, 1.82) is 0 Å². The van der Waals surface area contributed by atoms with Gasteiger partial charge in [-0.05, 0) is 13.0 Å². The van der Waals surface area contributed by atoms with Crippen LogP contribution in [0.3, 0.4) is 0 Å². The lowest BCUT2D eigenvalue weighted by atomic mass is 10.2. The van der Waals surface area contributed by atoms with E-state index in [1.165, 1.54) is 11.8 Å². The Balaban J connectivity index is 1.69. The SMILES string of the molecule is Cc1ccnc(SCC(=O)NCCc2nc(C(C)C)no2)n1. The van der Waals surface area contributed by atoms with Gasteiger partial charge < -0.3 is 9.84 Å². The number of aryl methyl sites for hydroxylation is 1. The van der Waals surface area contributed by atoms with Crippen LogP contribution in [-0.4, -0.2) is 38.3 Å². The molecule has 22 heavy (non-hydrogen) atoms. The Morgan fingerprint density at radius 2 is 2.23 bits per heavy atom. The monoisotopic (exact) mass is 321 g/mol. The highest BCUT2D eigenvalue weighted by Gasteiger charge is 2.10. The molecule has 0 bridgehead atoms. The summed E-state index contributed by atoms with van der Waals surface area (Å²) in [6.07, 6.45) is 2.21. The van der Waals surface area contributed by atoms with Gasteiger partial charge in [-0.15, -0.1) is 0 Å². The minimum absolute atomic E-state index is 0.0706. The number of rotatable bonds is 7. The molecule has 0 aliphatic carbocycles. The Kier molecular flexibility index (Phi) is 5.88. The predicted molar refractivity (Wildman–Crippen MR) is 82.6 cm³/mol.